The highest BCUT2D eigenvalue weighted by Crippen LogP contribution is 2.24. The minimum Gasteiger partial charge on any atom is -0.484 e. The molecule has 1 amide bonds. The molecule has 2 aromatic heterocycles. The Morgan fingerprint density at radius 2 is 2.22 bits per heavy atom. The highest BCUT2D eigenvalue weighted by Gasteiger charge is 2.13. The van der Waals surface area contributed by atoms with Crippen LogP contribution in [0, 0.1) is 25.2 Å². The van der Waals surface area contributed by atoms with Gasteiger partial charge in [0.25, 0.3) is 11.1 Å². The average molecular weight is 400 g/mol. The van der Waals surface area contributed by atoms with Gasteiger partial charge >= 0.3 is 0 Å². The first kappa shape index (κ1) is 18.9. The van der Waals surface area contributed by atoms with Gasteiger partial charge in [-0.1, -0.05) is 23.9 Å². The summed E-state index contributed by atoms with van der Waals surface area (Å²) >= 11 is 2.43. The van der Waals surface area contributed by atoms with Crippen LogP contribution in [0.1, 0.15) is 22.6 Å². The number of amides is 1. The lowest BCUT2D eigenvalue weighted by Gasteiger charge is -2.07. The maximum Gasteiger partial charge on any atom is 0.277 e. The predicted molar refractivity (Wildman–Crippen MR) is 103 cm³/mol. The molecule has 0 aliphatic heterocycles. The van der Waals surface area contributed by atoms with Crippen LogP contribution in [0.5, 0.6) is 5.75 Å². The number of nitriles is 1. The number of hydrogen-bond acceptors (Lipinski definition) is 8. The molecule has 0 saturated heterocycles. The number of aryl methyl sites for hydroxylation is 2. The second-order valence-electron chi connectivity index (χ2n) is 5.63. The van der Waals surface area contributed by atoms with Crippen molar-refractivity contribution in [3.8, 4) is 11.8 Å². The van der Waals surface area contributed by atoms with E-state index >= 15 is 0 Å². The van der Waals surface area contributed by atoms with Gasteiger partial charge in [-0.15, -0.1) is 21.5 Å². The van der Waals surface area contributed by atoms with Gasteiger partial charge in [0, 0.05) is 0 Å². The monoisotopic (exact) mass is 400 g/mol. The molecular formula is C18H16N4O3S2. The Morgan fingerprint density at radius 3 is 3.04 bits per heavy atom. The lowest BCUT2D eigenvalue weighted by Crippen LogP contribution is -2.13. The van der Waals surface area contributed by atoms with Crippen LogP contribution in [-0.4, -0.2) is 21.9 Å². The number of hydrogen-bond donors (Lipinski definition) is 1. The number of rotatable bonds is 7. The molecule has 9 heteroatoms. The Bertz CT molecular complexity index is 991. The Kier molecular flexibility index (Phi) is 6.11. The van der Waals surface area contributed by atoms with Gasteiger partial charge in [0.05, 0.1) is 11.3 Å². The first-order valence-corrected chi connectivity index (χ1v) is 9.84. The second-order valence-corrected chi connectivity index (χ2v) is 7.47. The zero-order chi connectivity index (χ0) is 19.2. The van der Waals surface area contributed by atoms with E-state index < -0.39 is 0 Å². The van der Waals surface area contributed by atoms with E-state index in [1.54, 1.807) is 11.4 Å². The largest absolute Gasteiger partial charge is 0.484 e. The molecule has 3 aromatic rings. The van der Waals surface area contributed by atoms with E-state index in [-0.39, 0.29) is 23.5 Å². The predicted octanol–water partition coefficient (Wildman–Crippen LogP) is 3.93. The topological polar surface area (TPSA) is 101 Å². The molecule has 0 aliphatic rings. The molecule has 0 saturated carbocycles. The first-order valence-electron chi connectivity index (χ1n) is 7.98. The van der Waals surface area contributed by atoms with Crippen molar-refractivity contribution in [3.05, 3.63) is 52.2 Å². The number of carbonyl (C=O) groups is 1. The third-order valence-corrected chi connectivity index (χ3v) is 5.16. The molecule has 27 heavy (non-hydrogen) atoms. The molecule has 2 heterocycles. The smallest absolute Gasteiger partial charge is 0.277 e. The van der Waals surface area contributed by atoms with Crippen molar-refractivity contribution in [2.45, 2.75) is 25.7 Å². The number of carbonyl (C=O) groups excluding carboxylic acids is 1. The van der Waals surface area contributed by atoms with E-state index in [0.29, 0.717) is 16.5 Å². The molecule has 0 aliphatic carbocycles. The number of nitrogens with one attached hydrogen (secondary N) is 1. The van der Waals surface area contributed by atoms with Crippen molar-refractivity contribution in [1.82, 2.24) is 10.2 Å². The molecule has 3 rings (SSSR count). The quantitative estimate of drug-likeness (QED) is 0.600. The number of nitrogens with zero attached hydrogens (tertiary/aromatic N) is 3. The summed E-state index contributed by atoms with van der Waals surface area (Å²) in [5.41, 5.74) is 2.58. The van der Waals surface area contributed by atoms with Gasteiger partial charge in [-0.25, -0.2) is 0 Å². The van der Waals surface area contributed by atoms with E-state index in [0.717, 1.165) is 28.6 Å². The molecular weight excluding hydrogens is 384 g/mol. The number of anilines is 1. The van der Waals surface area contributed by atoms with Gasteiger partial charge < -0.3 is 14.5 Å². The highest BCUT2D eigenvalue weighted by atomic mass is 32.2. The van der Waals surface area contributed by atoms with E-state index in [1.165, 1.54) is 11.3 Å². The third kappa shape index (κ3) is 5.09. The molecule has 7 nitrogen and oxygen atoms in total. The summed E-state index contributed by atoms with van der Waals surface area (Å²) in [6, 6.07) is 9.65. The SMILES string of the molecule is Cc1ccc(C)c(OCc2nnc(SCC(=O)Nc3sccc3C#N)o2)c1. The van der Waals surface area contributed by atoms with Crippen LogP contribution >= 0.6 is 23.1 Å². The van der Waals surface area contributed by atoms with E-state index in [4.69, 9.17) is 14.4 Å². The molecule has 0 fully saturated rings. The fraction of sp³-hybridized carbons (Fsp3) is 0.222. The average Bonchev–Trinajstić information content (AvgIpc) is 3.29. The Morgan fingerprint density at radius 1 is 1.37 bits per heavy atom. The van der Waals surface area contributed by atoms with Crippen LogP contribution < -0.4 is 10.1 Å². The van der Waals surface area contributed by atoms with Gasteiger partial charge in [-0.05, 0) is 42.5 Å². The van der Waals surface area contributed by atoms with Crippen molar-refractivity contribution in [2.75, 3.05) is 11.1 Å². The Labute approximate surface area is 164 Å². The van der Waals surface area contributed by atoms with Crippen molar-refractivity contribution in [3.63, 3.8) is 0 Å². The van der Waals surface area contributed by atoms with E-state index in [2.05, 4.69) is 15.5 Å². The summed E-state index contributed by atoms with van der Waals surface area (Å²) in [5.74, 6) is 0.961. The Hall–Kier alpha value is -2.83. The molecule has 1 aromatic carbocycles. The van der Waals surface area contributed by atoms with Crippen molar-refractivity contribution in [1.29, 1.82) is 5.26 Å². The van der Waals surface area contributed by atoms with Crippen molar-refractivity contribution in [2.24, 2.45) is 0 Å². The molecule has 0 radical (unpaired) electrons. The highest BCUT2D eigenvalue weighted by molar-refractivity contribution is 7.99. The normalized spacial score (nSPS) is 10.4. The molecule has 0 bridgehead atoms. The summed E-state index contributed by atoms with van der Waals surface area (Å²) in [5, 5.41) is 22.1. The van der Waals surface area contributed by atoms with Gasteiger partial charge in [0.1, 0.15) is 16.8 Å². The fourth-order valence-electron chi connectivity index (χ4n) is 2.14. The minimum absolute atomic E-state index is 0.0995. The third-order valence-electron chi connectivity index (χ3n) is 3.51. The van der Waals surface area contributed by atoms with Gasteiger partial charge in [-0.2, -0.15) is 5.26 Å². The molecule has 0 atom stereocenters. The van der Waals surface area contributed by atoms with Gasteiger partial charge in [-0.3, -0.25) is 4.79 Å². The minimum atomic E-state index is -0.245. The van der Waals surface area contributed by atoms with Gasteiger partial charge in [0.15, 0.2) is 6.61 Å². The molecule has 138 valence electrons. The number of thioether (sulfide) groups is 1. The number of benzene rings is 1. The lowest BCUT2D eigenvalue weighted by molar-refractivity contribution is -0.113. The van der Waals surface area contributed by atoms with E-state index in [9.17, 15) is 4.79 Å². The molecule has 0 spiro atoms. The second kappa shape index (κ2) is 8.70. The van der Waals surface area contributed by atoms with Crippen LogP contribution in [0.3, 0.4) is 0 Å². The summed E-state index contributed by atoms with van der Waals surface area (Å²) < 4.78 is 11.2. The number of aromatic nitrogens is 2. The molecule has 1 N–H and O–H groups in total. The summed E-state index contributed by atoms with van der Waals surface area (Å²) in [6.45, 7) is 4.12. The fourth-order valence-corrected chi connectivity index (χ4v) is 3.48. The summed E-state index contributed by atoms with van der Waals surface area (Å²) in [7, 11) is 0. The number of ether oxygens (including phenoxy) is 1. The van der Waals surface area contributed by atoms with E-state index in [1.807, 2.05) is 38.1 Å². The van der Waals surface area contributed by atoms with Crippen LogP contribution in [0.2, 0.25) is 0 Å². The van der Waals surface area contributed by atoms with Crippen LogP contribution in [0.4, 0.5) is 5.00 Å². The lowest BCUT2D eigenvalue weighted by atomic mass is 10.1. The van der Waals surface area contributed by atoms with Crippen LogP contribution in [0.25, 0.3) is 0 Å². The first-order chi connectivity index (χ1) is 13.0. The van der Waals surface area contributed by atoms with Gasteiger partial charge in [0.2, 0.25) is 5.91 Å². The zero-order valence-electron chi connectivity index (χ0n) is 14.7. The molecule has 0 unspecified atom stereocenters. The maximum absolute atomic E-state index is 12.0. The number of thiophene rings is 1. The zero-order valence-corrected chi connectivity index (χ0v) is 16.3. The van der Waals surface area contributed by atoms with Crippen molar-refractivity contribution < 1.29 is 13.9 Å². The summed E-state index contributed by atoms with van der Waals surface area (Å²) in [6.07, 6.45) is 0. The summed E-state index contributed by atoms with van der Waals surface area (Å²) in [4.78, 5) is 12.0. The standard InChI is InChI=1S/C18H16N4O3S2/c1-11-3-4-12(2)14(7-11)24-9-16-21-22-18(25-16)27-10-15(23)20-17-13(8-19)5-6-26-17/h3-7H,9-10H2,1-2H3,(H,20,23). The van der Waals surface area contributed by atoms with Crippen LogP contribution in [-0.2, 0) is 11.4 Å². The van der Waals surface area contributed by atoms with Crippen LogP contribution in [0.15, 0.2) is 39.3 Å². The maximum atomic E-state index is 12.0. The Balaban J connectivity index is 1.50. The van der Waals surface area contributed by atoms with Crippen molar-refractivity contribution >= 4 is 34.0 Å².